The van der Waals surface area contributed by atoms with Crippen LogP contribution in [0.5, 0.6) is 0 Å². The average Bonchev–Trinajstić information content (AvgIpc) is 2.71. The van der Waals surface area contributed by atoms with Gasteiger partial charge in [0.1, 0.15) is 0 Å². The van der Waals surface area contributed by atoms with Crippen LogP contribution in [0.2, 0.25) is 0 Å². The first-order valence-electron chi connectivity index (χ1n) is 6.17. The first kappa shape index (κ1) is 13.7. The van der Waals surface area contributed by atoms with E-state index in [0.29, 0.717) is 12.5 Å². The van der Waals surface area contributed by atoms with E-state index in [4.69, 9.17) is 5.73 Å². The van der Waals surface area contributed by atoms with Crippen molar-refractivity contribution in [1.82, 2.24) is 4.90 Å². The Morgan fingerprint density at radius 3 is 2.68 bits per heavy atom. The van der Waals surface area contributed by atoms with Gasteiger partial charge in [-0.1, -0.05) is 25.1 Å². The Bertz CT molecular complexity index is 482. The van der Waals surface area contributed by atoms with Crippen LogP contribution in [-0.2, 0) is 6.18 Å². The van der Waals surface area contributed by atoms with Crippen LogP contribution in [0, 0.1) is 0 Å². The number of hydrogen-bond donors (Lipinski definition) is 1. The number of nitrogens with two attached hydrogens (primary N) is 1. The second-order valence-corrected chi connectivity index (χ2v) is 4.49. The number of alkyl halides is 3. The van der Waals surface area contributed by atoms with Crippen molar-refractivity contribution < 1.29 is 13.2 Å². The Hall–Kier alpha value is -1.72. The zero-order chi connectivity index (χ0) is 14.0. The molecule has 1 unspecified atom stereocenters. The first-order chi connectivity index (χ1) is 8.95. The van der Waals surface area contributed by atoms with Gasteiger partial charge in [-0.15, -0.1) is 0 Å². The van der Waals surface area contributed by atoms with Crippen LogP contribution in [0.1, 0.15) is 30.5 Å². The molecule has 0 spiro atoms. The van der Waals surface area contributed by atoms with Gasteiger partial charge < -0.3 is 10.6 Å². The fourth-order valence-corrected chi connectivity index (χ4v) is 2.35. The molecular formula is C13H16F3N3. The lowest BCUT2D eigenvalue weighted by atomic mass is 9.99. The molecule has 1 aliphatic rings. The summed E-state index contributed by atoms with van der Waals surface area (Å²) in [5.74, 6) is 0.323. The third-order valence-corrected chi connectivity index (χ3v) is 3.19. The van der Waals surface area contributed by atoms with Crippen LogP contribution >= 0.6 is 0 Å². The maximum Gasteiger partial charge on any atom is 0.416 e. The predicted octanol–water partition coefficient (Wildman–Crippen LogP) is 2.79. The fraction of sp³-hybridized carbons (Fsp3) is 0.462. The average molecular weight is 271 g/mol. The summed E-state index contributed by atoms with van der Waals surface area (Å²) in [4.78, 5) is 5.81. The molecule has 0 radical (unpaired) electrons. The normalized spacial score (nSPS) is 19.7. The Kier molecular flexibility index (Phi) is 3.68. The second-order valence-electron chi connectivity index (χ2n) is 4.49. The van der Waals surface area contributed by atoms with E-state index in [1.165, 1.54) is 12.1 Å². The Morgan fingerprint density at radius 1 is 1.37 bits per heavy atom. The topological polar surface area (TPSA) is 41.6 Å². The molecule has 2 N–H and O–H groups in total. The lowest BCUT2D eigenvalue weighted by molar-refractivity contribution is -0.138. The predicted molar refractivity (Wildman–Crippen MR) is 67.7 cm³/mol. The molecule has 6 heteroatoms. The molecule has 1 heterocycles. The van der Waals surface area contributed by atoms with Gasteiger partial charge in [0, 0.05) is 6.54 Å². The SMILES string of the molecule is CCCN1C(N)=NCC1c1ccccc1C(F)(F)F. The molecule has 0 fully saturated rings. The van der Waals surface area contributed by atoms with Crippen molar-refractivity contribution in [2.45, 2.75) is 25.6 Å². The minimum Gasteiger partial charge on any atom is -0.370 e. The molecule has 1 aromatic rings. The molecular weight excluding hydrogens is 255 g/mol. The van der Waals surface area contributed by atoms with Crippen molar-refractivity contribution >= 4 is 5.96 Å². The van der Waals surface area contributed by atoms with Gasteiger partial charge in [0.25, 0.3) is 0 Å². The van der Waals surface area contributed by atoms with E-state index in [1.807, 2.05) is 6.92 Å². The van der Waals surface area contributed by atoms with Crippen LogP contribution in [0.15, 0.2) is 29.3 Å². The molecule has 0 aliphatic carbocycles. The van der Waals surface area contributed by atoms with Crippen molar-refractivity contribution in [3.63, 3.8) is 0 Å². The maximum atomic E-state index is 13.0. The number of halogens is 3. The molecule has 0 aromatic heterocycles. The van der Waals surface area contributed by atoms with E-state index in [0.717, 1.165) is 12.5 Å². The molecule has 3 nitrogen and oxygen atoms in total. The highest BCUT2D eigenvalue weighted by Gasteiger charge is 2.37. The van der Waals surface area contributed by atoms with Gasteiger partial charge in [0.2, 0.25) is 0 Å². The van der Waals surface area contributed by atoms with Gasteiger partial charge >= 0.3 is 6.18 Å². The first-order valence-corrected chi connectivity index (χ1v) is 6.17. The summed E-state index contributed by atoms with van der Waals surface area (Å²) < 4.78 is 39.1. The van der Waals surface area contributed by atoms with Crippen molar-refractivity contribution in [3.8, 4) is 0 Å². The fourth-order valence-electron chi connectivity index (χ4n) is 2.35. The van der Waals surface area contributed by atoms with Crippen LogP contribution < -0.4 is 5.73 Å². The number of hydrogen-bond acceptors (Lipinski definition) is 3. The smallest absolute Gasteiger partial charge is 0.370 e. The van der Waals surface area contributed by atoms with Gasteiger partial charge in [-0.2, -0.15) is 13.2 Å². The van der Waals surface area contributed by atoms with Gasteiger partial charge in [-0.25, -0.2) is 0 Å². The number of benzene rings is 1. The third kappa shape index (κ3) is 2.67. The van der Waals surface area contributed by atoms with Crippen molar-refractivity contribution in [2.75, 3.05) is 13.1 Å². The summed E-state index contributed by atoms with van der Waals surface area (Å²) in [6.07, 6.45) is -3.55. The molecule has 19 heavy (non-hydrogen) atoms. The molecule has 0 saturated heterocycles. The molecule has 1 aliphatic heterocycles. The maximum absolute atomic E-state index is 13.0. The Balaban J connectivity index is 2.37. The van der Waals surface area contributed by atoms with Gasteiger partial charge in [-0.3, -0.25) is 4.99 Å². The van der Waals surface area contributed by atoms with E-state index in [-0.39, 0.29) is 12.1 Å². The minimum absolute atomic E-state index is 0.243. The van der Waals surface area contributed by atoms with Crippen molar-refractivity contribution in [2.24, 2.45) is 10.7 Å². The molecule has 2 rings (SSSR count). The second kappa shape index (κ2) is 5.11. The van der Waals surface area contributed by atoms with Gasteiger partial charge in [0.05, 0.1) is 18.2 Å². The highest BCUT2D eigenvalue weighted by atomic mass is 19.4. The summed E-state index contributed by atoms with van der Waals surface area (Å²) in [7, 11) is 0. The molecule has 1 aromatic carbocycles. The van der Waals surface area contributed by atoms with E-state index in [1.54, 1.807) is 11.0 Å². The van der Waals surface area contributed by atoms with Crippen LogP contribution in [0.3, 0.4) is 0 Å². The summed E-state index contributed by atoms with van der Waals surface area (Å²) in [6.45, 7) is 2.84. The van der Waals surface area contributed by atoms with E-state index < -0.39 is 17.8 Å². The van der Waals surface area contributed by atoms with Gasteiger partial charge in [0.15, 0.2) is 5.96 Å². The molecule has 0 bridgehead atoms. The number of aliphatic imine (C=N–C) groups is 1. The lowest BCUT2D eigenvalue weighted by Crippen LogP contribution is -2.37. The zero-order valence-electron chi connectivity index (χ0n) is 10.6. The highest BCUT2D eigenvalue weighted by Crippen LogP contribution is 2.37. The van der Waals surface area contributed by atoms with E-state index in [2.05, 4.69) is 4.99 Å². The van der Waals surface area contributed by atoms with E-state index >= 15 is 0 Å². The Morgan fingerprint density at radius 2 is 2.05 bits per heavy atom. The Labute approximate surface area is 109 Å². The van der Waals surface area contributed by atoms with Crippen LogP contribution in [-0.4, -0.2) is 23.9 Å². The number of guanidine groups is 1. The minimum atomic E-state index is -4.36. The van der Waals surface area contributed by atoms with E-state index in [9.17, 15) is 13.2 Å². The van der Waals surface area contributed by atoms with Crippen molar-refractivity contribution in [1.29, 1.82) is 0 Å². The van der Waals surface area contributed by atoms with Gasteiger partial charge in [-0.05, 0) is 18.1 Å². The van der Waals surface area contributed by atoms with Crippen LogP contribution in [0.4, 0.5) is 13.2 Å². The molecule has 104 valence electrons. The molecule has 1 atom stereocenters. The summed E-state index contributed by atoms with van der Waals surface area (Å²) in [5, 5.41) is 0. The lowest BCUT2D eigenvalue weighted by Gasteiger charge is -2.28. The third-order valence-electron chi connectivity index (χ3n) is 3.19. The highest BCUT2D eigenvalue weighted by molar-refractivity contribution is 5.80. The summed E-state index contributed by atoms with van der Waals surface area (Å²) in [5.41, 5.74) is 5.38. The number of rotatable bonds is 3. The summed E-state index contributed by atoms with van der Waals surface area (Å²) in [6, 6.07) is 5.20. The monoisotopic (exact) mass is 271 g/mol. The largest absolute Gasteiger partial charge is 0.416 e. The number of nitrogens with zero attached hydrogens (tertiary/aromatic N) is 2. The molecule has 0 amide bonds. The van der Waals surface area contributed by atoms with Crippen LogP contribution in [0.25, 0.3) is 0 Å². The summed E-state index contributed by atoms with van der Waals surface area (Å²) >= 11 is 0. The molecule has 0 saturated carbocycles. The van der Waals surface area contributed by atoms with Crippen molar-refractivity contribution in [3.05, 3.63) is 35.4 Å². The zero-order valence-corrected chi connectivity index (χ0v) is 10.6. The quantitative estimate of drug-likeness (QED) is 0.918. The standard InChI is InChI=1S/C13H16F3N3/c1-2-7-19-11(8-18-12(19)17)9-5-3-4-6-10(9)13(14,15)16/h3-6,11H,2,7-8H2,1H3,(H2,17,18).